The molecule has 96 valence electrons. The molecule has 1 unspecified atom stereocenters. The predicted molar refractivity (Wildman–Crippen MR) is 66.0 cm³/mol. The van der Waals surface area contributed by atoms with Gasteiger partial charge in [0.25, 0.3) is 0 Å². The van der Waals surface area contributed by atoms with Crippen molar-refractivity contribution < 1.29 is 14.3 Å². The molecule has 0 aliphatic carbocycles. The summed E-state index contributed by atoms with van der Waals surface area (Å²) >= 11 is 0. The first-order valence-corrected chi connectivity index (χ1v) is 5.33. The summed E-state index contributed by atoms with van der Waals surface area (Å²) < 4.78 is 5.09. The zero-order chi connectivity index (χ0) is 13.6. The highest BCUT2D eigenvalue weighted by molar-refractivity contribution is 5.92. The molecule has 0 saturated heterocycles. The van der Waals surface area contributed by atoms with Gasteiger partial charge in [0.2, 0.25) is 5.91 Å². The Morgan fingerprint density at radius 3 is 2.24 bits per heavy atom. The van der Waals surface area contributed by atoms with Gasteiger partial charge in [0.05, 0.1) is 0 Å². The van der Waals surface area contributed by atoms with Crippen molar-refractivity contribution in [3.8, 4) is 0 Å². The molecule has 1 atom stereocenters. The van der Waals surface area contributed by atoms with Crippen molar-refractivity contribution in [1.29, 1.82) is 0 Å². The van der Waals surface area contributed by atoms with E-state index in [0.717, 1.165) is 0 Å². The van der Waals surface area contributed by atoms with Crippen molar-refractivity contribution in [2.24, 2.45) is 0 Å². The molecule has 0 aliphatic heterocycles. The highest BCUT2D eigenvalue weighted by Gasteiger charge is 2.18. The third-order valence-electron chi connectivity index (χ3n) is 2.08. The number of nitrogens with one attached hydrogen (secondary N) is 1. The standard InChI is InChI=1S/C12H20N2O3/c1-7-10(13-11(15)8(2)3)17-12(16)9(4)14(5)6/h10H,2,4,7H2,1,3,5-6H3,(H,13,15). The van der Waals surface area contributed by atoms with E-state index in [4.69, 9.17) is 4.74 Å². The maximum absolute atomic E-state index is 11.6. The Balaban J connectivity index is 4.41. The second-order valence-electron chi connectivity index (χ2n) is 3.90. The normalized spacial score (nSPS) is 11.3. The number of amides is 1. The number of carbonyl (C=O) groups is 2. The van der Waals surface area contributed by atoms with Crippen molar-refractivity contribution in [3.63, 3.8) is 0 Å². The van der Waals surface area contributed by atoms with Crippen molar-refractivity contribution in [3.05, 3.63) is 24.4 Å². The number of nitrogens with zero attached hydrogens (tertiary/aromatic N) is 1. The number of hydrogen-bond acceptors (Lipinski definition) is 4. The Bertz CT molecular complexity index is 335. The molecule has 17 heavy (non-hydrogen) atoms. The van der Waals surface area contributed by atoms with Gasteiger partial charge in [-0.2, -0.15) is 0 Å². The molecular formula is C12H20N2O3. The fourth-order valence-electron chi connectivity index (χ4n) is 0.864. The van der Waals surface area contributed by atoms with E-state index in [1.165, 1.54) is 0 Å². The summed E-state index contributed by atoms with van der Waals surface area (Å²) in [5.74, 6) is -0.885. The Hall–Kier alpha value is -1.78. The third-order valence-corrected chi connectivity index (χ3v) is 2.08. The van der Waals surface area contributed by atoms with E-state index in [9.17, 15) is 9.59 Å². The van der Waals surface area contributed by atoms with Crippen LogP contribution in [0.25, 0.3) is 0 Å². The van der Waals surface area contributed by atoms with Gasteiger partial charge in [0.15, 0.2) is 6.23 Å². The number of ether oxygens (including phenoxy) is 1. The minimum atomic E-state index is -0.664. The van der Waals surface area contributed by atoms with Gasteiger partial charge in [0, 0.05) is 26.1 Å². The van der Waals surface area contributed by atoms with Crippen LogP contribution in [0.5, 0.6) is 0 Å². The first kappa shape index (κ1) is 15.2. The van der Waals surface area contributed by atoms with Crippen LogP contribution >= 0.6 is 0 Å². The van der Waals surface area contributed by atoms with Crippen molar-refractivity contribution in [2.45, 2.75) is 26.5 Å². The Kier molecular flexibility index (Phi) is 6.02. The molecule has 0 spiro atoms. The van der Waals surface area contributed by atoms with Crippen LogP contribution in [0, 0.1) is 0 Å². The molecule has 0 fully saturated rings. The molecule has 1 N–H and O–H groups in total. The van der Waals surface area contributed by atoms with Gasteiger partial charge in [-0.1, -0.05) is 20.1 Å². The zero-order valence-electron chi connectivity index (χ0n) is 10.9. The molecule has 0 heterocycles. The van der Waals surface area contributed by atoms with Crippen molar-refractivity contribution >= 4 is 11.9 Å². The van der Waals surface area contributed by atoms with Crippen LogP contribution in [-0.2, 0) is 14.3 Å². The second-order valence-corrected chi connectivity index (χ2v) is 3.90. The number of likely N-dealkylation sites (N-methyl/N-ethyl adjacent to an activating group) is 1. The summed E-state index contributed by atoms with van der Waals surface area (Å²) in [4.78, 5) is 24.5. The van der Waals surface area contributed by atoms with E-state index in [1.54, 1.807) is 32.8 Å². The van der Waals surface area contributed by atoms with Crippen LogP contribution in [0.2, 0.25) is 0 Å². The molecule has 0 saturated carbocycles. The maximum atomic E-state index is 11.6. The van der Waals surface area contributed by atoms with Crippen LogP contribution in [0.3, 0.4) is 0 Å². The molecule has 0 radical (unpaired) electrons. The van der Waals surface area contributed by atoms with Gasteiger partial charge in [-0.05, 0) is 6.92 Å². The Morgan fingerprint density at radius 1 is 1.35 bits per heavy atom. The van der Waals surface area contributed by atoms with E-state index in [0.29, 0.717) is 12.0 Å². The summed E-state index contributed by atoms with van der Waals surface area (Å²) in [6, 6.07) is 0. The quantitative estimate of drug-likeness (QED) is 0.428. The second kappa shape index (κ2) is 6.73. The first-order valence-electron chi connectivity index (χ1n) is 5.33. The lowest BCUT2D eigenvalue weighted by Gasteiger charge is -2.20. The molecule has 1 amide bonds. The maximum Gasteiger partial charge on any atom is 0.355 e. The molecule has 0 aromatic heterocycles. The largest absolute Gasteiger partial charge is 0.437 e. The minimum absolute atomic E-state index is 0.230. The van der Waals surface area contributed by atoms with Gasteiger partial charge in [-0.15, -0.1) is 0 Å². The molecular weight excluding hydrogens is 220 g/mol. The predicted octanol–water partition coefficient (Wildman–Crippen LogP) is 1.03. The first-order chi connectivity index (χ1) is 7.79. The van der Waals surface area contributed by atoms with Gasteiger partial charge in [0.1, 0.15) is 5.70 Å². The number of hydrogen-bond donors (Lipinski definition) is 1. The summed E-state index contributed by atoms with van der Waals surface area (Å²) in [7, 11) is 3.38. The lowest BCUT2D eigenvalue weighted by atomic mass is 10.3. The lowest BCUT2D eigenvalue weighted by Crippen LogP contribution is -2.39. The highest BCUT2D eigenvalue weighted by Crippen LogP contribution is 2.03. The summed E-state index contributed by atoms with van der Waals surface area (Å²) in [6.07, 6.45) is -0.186. The van der Waals surface area contributed by atoms with Gasteiger partial charge >= 0.3 is 5.97 Å². The minimum Gasteiger partial charge on any atom is -0.437 e. The molecule has 0 bridgehead atoms. The SMILES string of the molecule is C=C(C)C(=O)NC(CC)OC(=O)C(=C)N(C)C. The van der Waals surface area contributed by atoms with Gasteiger partial charge in [-0.25, -0.2) is 4.79 Å². The summed E-state index contributed by atoms with van der Waals surface area (Å²) in [6.45, 7) is 10.5. The van der Waals surface area contributed by atoms with Crippen LogP contribution in [0.4, 0.5) is 0 Å². The third kappa shape index (κ3) is 5.19. The number of esters is 1. The van der Waals surface area contributed by atoms with Crippen LogP contribution in [0.1, 0.15) is 20.3 Å². The summed E-state index contributed by atoms with van der Waals surface area (Å²) in [5.41, 5.74) is 0.596. The molecule has 0 aromatic carbocycles. The van der Waals surface area contributed by atoms with Gasteiger partial charge in [-0.3, -0.25) is 4.79 Å². The van der Waals surface area contributed by atoms with Gasteiger partial charge < -0.3 is 15.0 Å². The van der Waals surface area contributed by atoms with E-state index < -0.39 is 12.2 Å². The molecule has 0 aliphatic rings. The molecule has 0 rings (SSSR count). The van der Waals surface area contributed by atoms with Crippen molar-refractivity contribution in [2.75, 3.05) is 14.1 Å². The fraction of sp³-hybridized carbons (Fsp3) is 0.500. The van der Waals surface area contributed by atoms with Crippen LogP contribution < -0.4 is 5.32 Å². The highest BCUT2D eigenvalue weighted by atomic mass is 16.6. The average Bonchev–Trinajstić information content (AvgIpc) is 2.26. The fourth-order valence-corrected chi connectivity index (χ4v) is 0.864. The van der Waals surface area contributed by atoms with E-state index in [-0.39, 0.29) is 11.6 Å². The lowest BCUT2D eigenvalue weighted by molar-refractivity contribution is -0.148. The number of carbonyl (C=O) groups excluding carboxylic acids is 2. The van der Waals surface area contributed by atoms with E-state index in [2.05, 4.69) is 18.5 Å². The smallest absolute Gasteiger partial charge is 0.355 e. The van der Waals surface area contributed by atoms with Crippen LogP contribution in [-0.4, -0.2) is 37.1 Å². The van der Waals surface area contributed by atoms with E-state index >= 15 is 0 Å². The molecule has 0 aromatic rings. The molecule has 5 heteroatoms. The topological polar surface area (TPSA) is 58.6 Å². The monoisotopic (exact) mass is 240 g/mol. The zero-order valence-corrected chi connectivity index (χ0v) is 10.9. The Morgan fingerprint density at radius 2 is 1.88 bits per heavy atom. The number of rotatable bonds is 6. The summed E-state index contributed by atoms with van der Waals surface area (Å²) in [5, 5.41) is 2.55. The molecule has 5 nitrogen and oxygen atoms in total. The average molecular weight is 240 g/mol. The van der Waals surface area contributed by atoms with E-state index in [1.807, 2.05) is 0 Å². The van der Waals surface area contributed by atoms with Crippen LogP contribution in [0.15, 0.2) is 24.4 Å². The Labute approximate surface area is 102 Å². The van der Waals surface area contributed by atoms with Crippen molar-refractivity contribution in [1.82, 2.24) is 10.2 Å².